The van der Waals surface area contributed by atoms with Gasteiger partial charge in [-0.2, -0.15) is 0 Å². The maximum Gasteiger partial charge on any atom is 0.256 e. The van der Waals surface area contributed by atoms with Crippen molar-refractivity contribution >= 4 is 41.0 Å². The number of anilines is 1. The van der Waals surface area contributed by atoms with E-state index in [9.17, 15) is 4.79 Å². The van der Waals surface area contributed by atoms with Gasteiger partial charge in [0, 0.05) is 22.0 Å². The number of carbonyl (C=O) groups excluding carboxylic acids is 1. The number of rotatable bonds is 7. The van der Waals surface area contributed by atoms with Crippen molar-refractivity contribution in [2.45, 2.75) is 18.2 Å². The molecular formula is C19H20ClNOS. The molecule has 0 aromatic heterocycles. The summed E-state index contributed by atoms with van der Waals surface area (Å²) in [6, 6.07) is 15.5. The Hall–Kier alpha value is -1.71. The van der Waals surface area contributed by atoms with E-state index in [-0.39, 0.29) is 5.91 Å². The van der Waals surface area contributed by atoms with Gasteiger partial charge in [0.05, 0.1) is 0 Å². The number of amides is 1. The third-order valence-electron chi connectivity index (χ3n) is 3.21. The normalized spacial score (nSPS) is 10.9. The molecule has 0 bridgehead atoms. The number of halogens is 1. The van der Waals surface area contributed by atoms with Crippen molar-refractivity contribution in [1.29, 1.82) is 0 Å². The van der Waals surface area contributed by atoms with E-state index in [0.29, 0.717) is 11.4 Å². The van der Waals surface area contributed by atoms with Crippen molar-refractivity contribution in [3.8, 4) is 0 Å². The molecule has 120 valence electrons. The molecule has 1 N–H and O–H groups in total. The SMILES string of the molecule is CC=Cc1ccccc1C(=O)Nc1ccc(SCCCCl)cc1. The number of carbonyl (C=O) groups is 1. The Bertz CT molecular complexity index is 667. The molecule has 0 saturated carbocycles. The van der Waals surface area contributed by atoms with Crippen LogP contribution < -0.4 is 5.32 Å². The molecule has 2 rings (SSSR count). The zero-order valence-electron chi connectivity index (χ0n) is 13.1. The van der Waals surface area contributed by atoms with E-state index in [4.69, 9.17) is 11.6 Å². The Kier molecular flexibility index (Phi) is 7.24. The van der Waals surface area contributed by atoms with Gasteiger partial charge in [0.15, 0.2) is 0 Å². The molecule has 2 nitrogen and oxygen atoms in total. The summed E-state index contributed by atoms with van der Waals surface area (Å²) in [5, 5.41) is 2.95. The second-order valence-corrected chi connectivity index (χ2v) is 6.50. The third kappa shape index (κ3) is 5.45. The van der Waals surface area contributed by atoms with Crippen LogP contribution in [0.25, 0.3) is 6.08 Å². The first-order valence-corrected chi connectivity index (χ1v) is 9.08. The van der Waals surface area contributed by atoms with Crippen molar-refractivity contribution in [2.75, 3.05) is 16.9 Å². The van der Waals surface area contributed by atoms with Gasteiger partial charge in [-0.25, -0.2) is 0 Å². The quantitative estimate of drug-likeness (QED) is 0.396. The predicted molar refractivity (Wildman–Crippen MR) is 102 cm³/mol. The van der Waals surface area contributed by atoms with E-state index in [1.165, 1.54) is 4.90 Å². The van der Waals surface area contributed by atoms with E-state index >= 15 is 0 Å². The van der Waals surface area contributed by atoms with Crippen LogP contribution in [0.5, 0.6) is 0 Å². The van der Waals surface area contributed by atoms with Crippen LogP contribution in [-0.2, 0) is 0 Å². The van der Waals surface area contributed by atoms with Crippen LogP contribution >= 0.6 is 23.4 Å². The molecule has 0 aliphatic rings. The van der Waals surface area contributed by atoms with Crippen LogP contribution in [0, 0.1) is 0 Å². The highest BCUT2D eigenvalue weighted by molar-refractivity contribution is 7.99. The molecule has 1 amide bonds. The Morgan fingerprint density at radius 1 is 1.17 bits per heavy atom. The van der Waals surface area contributed by atoms with Crippen LogP contribution in [0.1, 0.15) is 29.3 Å². The van der Waals surface area contributed by atoms with Gasteiger partial charge in [-0.1, -0.05) is 30.4 Å². The fourth-order valence-electron chi connectivity index (χ4n) is 2.11. The largest absolute Gasteiger partial charge is 0.322 e. The highest BCUT2D eigenvalue weighted by Crippen LogP contribution is 2.22. The topological polar surface area (TPSA) is 29.1 Å². The first-order valence-electron chi connectivity index (χ1n) is 7.56. The summed E-state index contributed by atoms with van der Waals surface area (Å²) in [5.41, 5.74) is 2.39. The monoisotopic (exact) mass is 345 g/mol. The van der Waals surface area contributed by atoms with Gasteiger partial charge in [-0.3, -0.25) is 4.79 Å². The summed E-state index contributed by atoms with van der Waals surface area (Å²) < 4.78 is 0. The van der Waals surface area contributed by atoms with E-state index in [1.807, 2.05) is 67.6 Å². The summed E-state index contributed by atoms with van der Waals surface area (Å²) in [5.74, 6) is 1.60. The minimum Gasteiger partial charge on any atom is -0.322 e. The van der Waals surface area contributed by atoms with Crippen molar-refractivity contribution in [1.82, 2.24) is 0 Å². The van der Waals surface area contributed by atoms with Crippen molar-refractivity contribution in [3.63, 3.8) is 0 Å². The lowest BCUT2D eigenvalue weighted by molar-refractivity contribution is 0.102. The van der Waals surface area contributed by atoms with Crippen molar-refractivity contribution < 1.29 is 4.79 Å². The van der Waals surface area contributed by atoms with Crippen LogP contribution in [0.2, 0.25) is 0 Å². The van der Waals surface area contributed by atoms with E-state index in [2.05, 4.69) is 5.32 Å². The minimum atomic E-state index is -0.0961. The molecule has 0 spiro atoms. The van der Waals surface area contributed by atoms with Gasteiger partial charge in [0.25, 0.3) is 5.91 Å². The second-order valence-electron chi connectivity index (χ2n) is 4.96. The number of allylic oxidation sites excluding steroid dienone is 1. The number of hydrogen-bond donors (Lipinski definition) is 1. The Labute approximate surface area is 146 Å². The lowest BCUT2D eigenvalue weighted by Crippen LogP contribution is -2.13. The van der Waals surface area contributed by atoms with Crippen molar-refractivity contribution in [2.24, 2.45) is 0 Å². The number of hydrogen-bond acceptors (Lipinski definition) is 2. The van der Waals surface area contributed by atoms with E-state index < -0.39 is 0 Å². The molecule has 2 aromatic carbocycles. The second kappa shape index (κ2) is 9.43. The number of thioether (sulfide) groups is 1. The molecule has 0 radical (unpaired) electrons. The Balaban J connectivity index is 2.03. The lowest BCUT2D eigenvalue weighted by Gasteiger charge is -2.08. The average molecular weight is 346 g/mol. The molecule has 0 fully saturated rings. The summed E-state index contributed by atoms with van der Waals surface area (Å²) >= 11 is 7.45. The van der Waals surface area contributed by atoms with Crippen LogP contribution in [0.4, 0.5) is 5.69 Å². The number of alkyl halides is 1. The standard InChI is InChI=1S/C19H20ClNOS/c1-2-6-15-7-3-4-8-18(15)19(22)21-16-9-11-17(12-10-16)23-14-5-13-20/h2-4,6-12H,5,13-14H2,1H3,(H,21,22). The molecule has 2 aromatic rings. The molecule has 0 heterocycles. The zero-order chi connectivity index (χ0) is 16.5. The molecule has 0 unspecified atom stereocenters. The zero-order valence-corrected chi connectivity index (χ0v) is 14.7. The average Bonchev–Trinajstić information content (AvgIpc) is 2.57. The lowest BCUT2D eigenvalue weighted by atomic mass is 10.1. The van der Waals surface area contributed by atoms with Gasteiger partial charge < -0.3 is 5.32 Å². The van der Waals surface area contributed by atoms with Crippen LogP contribution in [0.15, 0.2) is 59.5 Å². The summed E-state index contributed by atoms with van der Waals surface area (Å²) in [7, 11) is 0. The summed E-state index contributed by atoms with van der Waals surface area (Å²) in [6.45, 7) is 1.94. The number of nitrogens with one attached hydrogen (secondary N) is 1. The number of benzene rings is 2. The van der Waals surface area contributed by atoms with Crippen molar-refractivity contribution in [3.05, 3.63) is 65.7 Å². The summed E-state index contributed by atoms with van der Waals surface area (Å²) in [4.78, 5) is 13.6. The molecule has 0 atom stereocenters. The fraction of sp³-hybridized carbons (Fsp3) is 0.211. The molecule has 23 heavy (non-hydrogen) atoms. The highest BCUT2D eigenvalue weighted by atomic mass is 35.5. The van der Waals surface area contributed by atoms with Crippen LogP contribution in [0.3, 0.4) is 0 Å². The van der Waals surface area contributed by atoms with Gasteiger partial charge >= 0.3 is 0 Å². The maximum absolute atomic E-state index is 12.4. The first-order chi connectivity index (χ1) is 11.2. The molecule has 0 aliphatic carbocycles. The Morgan fingerprint density at radius 2 is 1.91 bits per heavy atom. The molecule has 4 heteroatoms. The van der Waals surface area contributed by atoms with Gasteiger partial charge in [-0.05, 0) is 55.0 Å². The van der Waals surface area contributed by atoms with E-state index in [0.717, 1.165) is 23.4 Å². The predicted octanol–water partition coefficient (Wildman–Crippen LogP) is 5.69. The third-order valence-corrected chi connectivity index (χ3v) is 4.58. The molecule has 0 aliphatic heterocycles. The van der Waals surface area contributed by atoms with Crippen LogP contribution in [-0.4, -0.2) is 17.5 Å². The highest BCUT2D eigenvalue weighted by Gasteiger charge is 2.09. The fourth-order valence-corrected chi connectivity index (χ4v) is 3.25. The first kappa shape index (κ1) is 17.6. The van der Waals surface area contributed by atoms with Gasteiger partial charge in [0.1, 0.15) is 0 Å². The maximum atomic E-state index is 12.4. The molecular weight excluding hydrogens is 326 g/mol. The smallest absolute Gasteiger partial charge is 0.256 e. The minimum absolute atomic E-state index is 0.0961. The van der Waals surface area contributed by atoms with Gasteiger partial charge in [-0.15, -0.1) is 23.4 Å². The Morgan fingerprint density at radius 3 is 2.61 bits per heavy atom. The van der Waals surface area contributed by atoms with E-state index in [1.54, 1.807) is 11.8 Å². The molecule has 0 saturated heterocycles. The summed E-state index contributed by atoms with van der Waals surface area (Å²) in [6.07, 6.45) is 4.86. The van der Waals surface area contributed by atoms with Gasteiger partial charge in [0.2, 0.25) is 0 Å².